The molecule has 0 N–H and O–H groups in total. The van der Waals surface area contributed by atoms with Crippen molar-refractivity contribution in [1.82, 2.24) is 9.55 Å². The molecule has 0 aliphatic rings. The predicted octanol–water partition coefficient (Wildman–Crippen LogP) is 2.00. The van der Waals surface area contributed by atoms with Crippen molar-refractivity contribution in [2.24, 2.45) is 7.05 Å². The van der Waals surface area contributed by atoms with Gasteiger partial charge in [0, 0.05) is 11.5 Å². The molecule has 0 spiro atoms. The summed E-state index contributed by atoms with van der Waals surface area (Å²) in [5, 5.41) is 0.654. The normalized spacial score (nSPS) is 10.8. The van der Waals surface area contributed by atoms with Gasteiger partial charge in [-0.05, 0) is 25.1 Å². The van der Waals surface area contributed by atoms with Crippen LogP contribution >= 0.6 is 15.9 Å². The maximum atomic E-state index is 11.8. The van der Waals surface area contributed by atoms with E-state index in [0.717, 1.165) is 15.8 Å². The maximum Gasteiger partial charge on any atom is 0.261 e. The van der Waals surface area contributed by atoms with Crippen LogP contribution in [0.2, 0.25) is 0 Å². The highest BCUT2D eigenvalue weighted by Gasteiger charge is 2.04. The van der Waals surface area contributed by atoms with E-state index in [1.807, 2.05) is 19.1 Å². The summed E-state index contributed by atoms with van der Waals surface area (Å²) in [6.45, 7) is 1.82. The number of halogens is 1. The van der Waals surface area contributed by atoms with Crippen molar-refractivity contribution < 1.29 is 0 Å². The van der Waals surface area contributed by atoms with E-state index in [1.165, 1.54) is 0 Å². The van der Waals surface area contributed by atoms with Gasteiger partial charge in [0.2, 0.25) is 0 Å². The Morgan fingerprint density at radius 2 is 2.14 bits per heavy atom. The number of hydrogen-bond donors (Lipinski definition) is 0. The van der Waals surface area contributed by atoms with E-state index in [1.54, 1.807) is 17.7 Å². The summed E-state index contributed by atoms with van der Waals surface area (Å²) >= 11 is 3.35. The Kier molecular flexibility index (Phi) is 2.15. The fourth-order valence-electron chi connectivity index (χ4n) is 1.36. The second-order valence-corrected chi connectivity index (χ2v) is 4.10. The van der Waals surface area contributed by atoms with Gasteiger partial charge in [-0.1, -0.05) is 15.9 Å². The fraction of sp³-hybridized carbons (Fsp3) is 0.200. The molecular formula is C10H9BrN2O. The molecule has 2 rings (SSSR count). The van der Waals surface area contributed by atoms with E-state index in [9.17, 15) is 4.79 Å². The number of fused-ring (bicyclic) bond motifs is 1. The summed E-state index contributed by atoms with van der Waals surface area (Å²) in [4.78, 5) is 16.1. The van der Waals surface area contributed by atoms with Gasteiger partial charge in [-0.3, -0.25) is 9.36 Å². The number of aromatic nitrogens is 2. The van der Waals surface area contributed by atoms with E-state index < -0.39 is 0 Å². The summed E-state index contributed by atoms with van der Waals surface area (Å²) in [5.41, 5.74) is 0.736. The van der Waals surface area contributed by atoms with Crippen LogP contribution in [0.3, 0.4) is 0 Å². The highest BCUT2D eigenvalue weighted by molar-refractivity contribution is 9.10. The smallest absolute Gasteiger partial charge is 0.261 e. The van der Waals surface area contributed by atoms with Crippen LogP contribution in [0.15, 0.2) is 27.5 Å². The summed E-state index contributed by atoms with van der Waals surface area (Å²) in [5.74, 6) is 0.723. The van der Waals surface area contributed by atoms with Crippen molar-refractivity contribution >= 4 is 26.8 Å². The fourth-order valence-corrected chi connectivity index (χ4v) is 1.70. The molecule has 0 aliphatic heterocycles. The van der Waals surface area contributed by atoms with E-state index in [2.05, 4.69) is 20.9 Å². The van der Waals surface area contributed by atoms with Crippen molar-refractivity contribution in [3.05, 3.63) is 38.9 Å². The van der Waals surface area contributed by atoms with Crippen LogP contribution < -0.4 is 5.56 Å². The molecule has 3 nitrogen and oxygen atoms in total. The Morgan fingerprint density at radius 1 is 1.43 bits per heavy atom. The quantitative estimate of drug-likeness (QED) is 0.719. The van der Waals surface area contributed by atoms with Crippen molar-refractivity contribution in [1.29, 1.82) is 0 Å². The first kappa shape index (κ1) is 9.40. The van der Waals surface area contributed by atoms with Crippen LogP contribution in [0.4, 0.5) is 0 Å². The van der Waals surface area contributed by atoms with Gasteiger partial charge in [-0.2, -0.15) is 0 Å². The molecule has 0 saturated carbocycles. The van der Waals surface area contributed by atoms with Gasteiger partial charge in [0.1, 0.15) is 5.82 Å². The molecule has 0 bridgehead atoms. The van der Waals surface area contributed by atoms with E-state index in [-0.39, 0.29) is 5.56 Å². The molecule has 0 radical (unpaired) electrons. The maximum absolute atomic E-state index is 11.8. The van der Waals surface area contributed by atoms with Gasteiger partial charge < -0.3 is 0 Å². The van der Waals surface area contributed by atoms with Crippen molar-refractivity contribution in [2.45, 2.75) is 6.92 Å². The lowest BCUT2D eigenvalue weighted by atomic mass is 10.2. The summed E-state index contributed by atoms with van der Waals surface area (Å²) in [6.07, 6.45) is 0. The molecule has 4 heteroatoms. The third kappa shape index (κ3) is 1.35. The third-order valence-corrected chi connectivity index (χ3v) is 2.76. The van der Waals surface area contributed by atoms with Crippen LogP contribution in [0, 0.1) is 6.92 Å². The van der Waals surface area contributed by atoms with Gasteiger partial charge >= 0.3 is 0 Å². The molecule has 14 heavy (non-hydrogen) atoms. The minimum atomic E-state index is 0.000000000000000222. The number of hydrogen-bond acceptors (Lipinski definition) is 2. The van der Waals surface area contributed by atoms with E-state index in [4.69, 9.17) is 0 Å². The first-order valence-corrected chi connectivity index (χ1v) is 5.02. The van der Waals surface area contributed by atoms with Gasteiger partial charge in [-0.15, -0.1) is 0 Å². The van der Waals surface area contributed by atoms with Crippen molar-refractivity contribution in [2.75, 3.05) is 0 Å². The van der Waals surface area contributed by atoms with Crippen LogP contribution in [0.5, 0.6) is 0 Å². The zero-order chi connectivity index (χ0) is 10.3. The zero-order valence-corrected chi connectivity index (χ0v) is 9.50. The van der Waals surface area contributed by atoms with Gasteiger partial charge in [0.25, 0.3) is 5.56 Å². The molecule has 1 aromatic heterocycles. The molecule has 1 aromatic carbocycles. The summed E-state index contributed by atoms with van der Waals surface area (Å²) < 4.78 is 2.49. The number of benzene rings is 1. The average Bonchev–Trinajstić information content (AvgIpc) is 2.14. The number of aryl methyl sites for hydroxylation is 1. The third-order valence-electron chi connectivity index (χ3n) is 2.26. The van der Waals surface area contributed by atoms with E-state index in [0.29, 0.717) is 5.39 Å². The second-order valence-electron chi connectivity index (χ2n) is 3.18. The summed E-state index contributed by atoms with van der Waals surface area (Å²) in [7, 11) is 1.73. The van der Waals surface area contributed by atoms with Crippen LogP contribution in [0.25, 0.3) is 10.9 Å². The molecule has 72 valence electrons. The Hall–Kier alpha value is -1.16. The Morgan fingerprint density at radius 3 is 2.86 bits per heavy atom. The topological polar surface area (TPSA) is 34.9 Å². The second kappa shape index (κ2) is 3.20. The minimum absolute atomic E-state index is 0.000000000000000222. The molecule has 2 aromatic rings. The first-order valence-electron chi connectivity index (χ1n) is 4.22. The molecule has 1 heterocycles. The van der Waals surface area contributed by atoms with Gasteiger partial charge in [0.15, 0.2) is 0 Å². The van der Waals surface area contributed by atoms with Crippen molar-refractivity contribution in [3.8, 4) is 0 Å². The Labute approximate surface area is 89.5 Å². The van der Waals surface area contributed by atoms with Gasteiger partial charge in [0.05, 0.1) is 10.9 Å². The molecule has 0 amide bonds. The molecule has 0 unspecified atom stereocenters. The molecular weight excluding hydrogens is 244 g/mol. The average molecular weight is 253 g/mol. The first-order chi connectivity index (χ1) is 6.59. The molecule has 0 fully saturated rings. The number of nitrogens with zero attached hydrogens (tertiary/aromatic N) is 2. The minimum Gasteiger partial charge on any atom is -0.299 e. The van der Waals surface area contributed by atoms with Crippen LogP contribution in [-0.2, 0) is 7.05 Å². The lowest BCUT2D eigenvalue weighted by Crippen LogP contribution is -2.20. The molecule has 0 saturated heterocycles. The largest absolute Gasteiger partial charge is 0.299 e. The van der Waals surface area contributed by atoms with E-state index >= 15 is 0 Å². The lowest BCUT2D eigenvalue weighted by molar-refractivity contribution is 0.792. The monoisotopic (exact) mass is 252 g/mol. The predicted molar refractivity (Wildman–Crippen MR) is 59.4 cm³/mol. The standard InChI is InChI=1S/C10H9BrN2O/c1-6-12-9-5-7(11)3-4-8(9)10(14)13(6)2/h3-5H,1-2H3. The zero-order valence-electron chi connectivity index (χ0n) is 7.91. The summed E-state index contributed by atoms with van der Waals surface area (Å²) in [6, 6.07) is 5.48. The lowest BCUT2D eigenvalue weighted by Gasteiger charge is -2.04. The molecule has 0 atom stereocenters. The Bertz CT molecular complexity index is 560. The van der Waals surface area contributed by atoms with Crippen molar-refractivity contribution in [3.63, 3.8) is 0 Å². The SMILES string of the molecule is Cc1nc2cc(Br)ccc2c(=O)n1C. The highest BCUT2D eigenvalue weighted by atomic mass is 79.9. The molecule has 0 aliphatic carbocycles. The number of rotatable bonds is 0. The van der Waals surface area contributed by atoms with Crippen LogP contribution in [-0.4, -0.2) is 9.55 Å². The van der Waals surface area contributed by atoms with Crippen LogP contribution in [0.1, 0.15) is 5.82 Å². The Balaban J connectivity index is 2.98. The van der Waals surface area contributed by atoms with Gasteiger partial charge in [-0.25, -0.2) is 4.98 Å². The highest BCUT2D eigenvalue weighted by Crippen LogP contribution is 2.15.